The first-order valence-corrected chi connectivity index (χ1v) is 10.3. The van der Waals surface area contributed by atoms with E-state index >= 15 is 0 Å². The van der Waals surface area contributed by atoms with E-state index < -0.39 is 0 Å². The molecule has 3 rings (SSSR count). The molecule has 0 radical (unpaired) electrons. The molecule has 0 aromatic heterocycles. The molecule has 2 aliphatic rings. The number of hydrogen-bond acceptors (Lipinski definition) is 3. The Balaban J connectivity index is 0.00000280. The van der Waals surface area contributed by atoms with Crippen molar-refractivity contribution in [1.29, 1.82) is 0 Å². The summed E-state index contributed by atoms with van der Waals surface area (Å²) in [5.74, 6) is 2.11. The number of nitrogens with zero attached hydrogens (tertiary/aromatic N) is 2. The van der Waals surface area contributed by atoms with Crippen molar-refractivity contribution in [2.75, 3.05) is 32.7 Å². The van der Waals surface area contributed by atoms with Gasteiger partial charge in [-0.1, -0.05) is 24.6 Å². The summed E-state index contributed by atoms with van der Waals surface area (Å²) in [6, 6.07) is 8.19. The molecular weight excluding hydrogens is 467 g/mol. The molecule has 2 N–H and O–H groups in total. The first-order valence-electron chi connectivity index (χ1n) is 10.3. The van der Waals surface area contributed by atoms with Crippen molar-refractivity contribution >= 4 is 35.8 Å². The lowest BCUT2D eigenvalue weighted by Crippen LogP contribution is -2.40. The second-order valence-electron chi connectivity index (χ2n) is 7.24. The quantitative estimate of drug-likeness (QED) is 0.262. The molecule has 7 heteroatoms. The van der Waals surface area contributed by atoms with Gasteiger partial charge in [0.15, 0.2) is 5.96 Å². The van der Waals surface area contributed by atoms with Gasteiger partial charge in [-0.2, -0.15) is 0 Å². The second kappa shape index (κ2) is 12.1. The number of amides is 1. The van der Waals surface area contributed by atoms with Crippen LogP contribution in [0.4, 0.5) is 0 Å². The lowest BCUT2D eigenvalue weighted by Gasteiger charge is -2.21. The smallest absolute Gasteiger partial charge is 0.222 e. The Hall–Kier alpha value is -1.51. The van der Waals surface area contributed by atoms with Gasteiger partial charge in [-0.15, -0.1) is 24.0 Å². The van der Waals surface area contributed by atoms with E-state index in [0.29, 0.717) is 18.9 Å². The molecule has 1 saturated heterocycles. The van der Waals surface area contributed by atoms with Crippen molar-refractivity contribution in [3.63, 3.8) is 0 Å². The molecule has 1 aromatic rings. The minimum Gasteiger partial charge on any atom is -0.488 e. The summed E-state index contributed by atoms with van der Waals surface area (Å²) < 4.78 is 5.96. The fourth-order valence-electron chi connectivity index (χ4n) is 3.64. The lowest BCUT2D eigenvalue weighted by atomic mass is 10.1. The zero-order valence-electron chi connectivity index (χ0n) is 16.8. The number of carbonyl (C=O) groups excluding carboxylic acids is 1. The van der Waals surface area contributed by atoms with Crippen LogP contribution in [0.1, 0.15) is 44.6 Å². The molecule has 156 valence electrons. The number of halogens is 1. The predicted molar refractivity (Wildman–Crippen MR) is 124 cm³/mol. The van der Waals surface area contributed by atoms with Crippen LogP contribution < -0.4 is 15.4 Å². The standard InChI is InChI=1S/C21H32N4O2.HI/c1-2-22-21(23-12-8-14-25-13-7-3-4-11-20(25)26)24-16-18-15-17-9-5-6-10-19(17)27-18;/h5-6,9-10,18H,2-4,7-8,11-16H2,1H3,(H2,22,23,24);1H. The van der Waals surface area contributed by atoms with Gasteiger partial charge in [0.1, 0.15) is 11.9 Å². The molecule has 2 aliphatic heterocycles. The van der Waals surface area contributed by atoms with Gasteiger partial charge in [-0.05, 0) is 37.8 Å². The number of nitrogens with one attached hydrogen (secondary N) is 2. The number of aliphatic imine (C=N–C) groups is 1. The zero-order chi connectivity index (χ0) is 18.9. The van der Waals surface area contributed by atoms with Crippen molar-refractivity contribution < 1.29 is 9.53 Å². The molecular formula is C21H33IN4O2. The van der Waals surface area contributed by atoms with Crippen LogP contribution in [0.15, 0.2) is 29.3 Å². The highest BCUT2D eigenvalue weighted by atomic mass is 127. The van der Waals surface area contributed by atoms with Crippen LogP contribution >= 0.6 is 24.0 Å². The number of fused-ring (bicyclic) bond motifs is 1. The van der Waals surface area contributed by atoms with Crippen molar-refractivity contribution in [2.24, 2.45) is 4.99 Å². The third-order valence-corrected chi connectivity index (χ3v) is 5.08. The highest BCUT2D eigenvalue weighted by Gasteiger charge is 2.22. The summed E-state index contributed by atoms with van der Waals surface area (Å²) in [6.07, 6.45) is 6.00. The Morgan fingerprint density at radius 3 is 2.93 bits per heavy atom. The van der Waals surface area contributed by atoms with Crippen LogP contribution in [0, 0.1) is 0 Å². The SMILES string of the molecule is CCNC(=NCC1Cc2ccccc2O1)NCCCN1CCCCCC1=O.I. The minimum absolute atomic E-state index is 0. The van der Waals surface area contributed by atoms with Crippen LogP contribution in [-0.4, -0.2) is 55.6 Å². The summed E-state index contributed by atoms with van der Waals surface area (Å²) in [6.45, 7) is 6.06. The summed E-state index contributed by atoms with van der Waals surface area (Å²) in [7, 11) is 0. The van der Waals surface area contributed by atoms with Crippen molar-refractivity contribution in [1.82, 2.24) is 15.5 Å². The van der Waals surface area contributed by atoms with E-state index in [-0.39, 0.29) is 30.1 Å². The number of guanidine groups is 1. The molecule has 2 heterocycles. The van der Waals surface area contributed by atoms with Crippen LogP contribution in [-0.2, 0) is 11.2 Å². The van der Waals surface area contributed by atoms with E-state index in [4.69, 9.17) is 4.74 Å². The number of hydrogen-bond donors (Lipinski definition) is 2. The largest absolute Gasteiger partial charge is 0.488 e. The lowest BCUT2D eigenvalue weighted by molar-refractivity contribution is -0.130. The van der Waals surface area contributed by atoms with E-state index in [2.05, 4.69) is 34.7 Å². The van der Waals surface area contributed by atoms with Crippen molar-refractivity contribution in [3.8, 4) is 5.75 Å². The summed E-state index contributed by atoms with van der Waals surface area (Å²) in [5, 5.41) is 6.67. The molecule has 0 aliphatic carbocycles. The van der Waals surface area contributed by atoms with Crippen LogP contribution in [0.5, 0.6) is 5.75 Å². The maximum atomic E-state index is 12.0. The van der Waals surface area contributed by atoms with E-state index in [1.54, 1.807) is 0 Å². The number of likely N-dealkylation sites (tertiary alicyclic amines) is 1. The maximum Gasteiger partial charge on any atom is 0.222 e. The number of carbonyl (C=O) groups is 1. The Bertz CT molecular complexity index is 628. The van der Waals surface area contributed by atoms with Crippen LogP contribution in [0.25, 0.3) is 0 Å². The number of rotatable bonds is 7. The molecule has 1 atom stereocenters. The summed E-state index contributed by atoms with van der Waals surface area (Å²) in [5.41, 5.74) is 1.26. The van der Waals surface area contributed by atoms with Gasteiger partial charge in [0.05, 0.1) is 6.54 Å². The molecule has 1 aromatic carbocycles. The van der Waals surface area contributed by atoms with Gasteiger partial charge in [-0.3, -0.25) is 4.79 Å². The number of benzene rings is 1. The summed E-state index contributed by atoms with van der Waals surface area (Å²) >= 11 is 0. The van der Waals surface area contributed by atoms with Gasteiger partial charge < -0.3 is 20.3 Å². The van der Waals surface area contributed by atoms with Gasteiger partial charge in [0, 0.05) is 39.0 Å². The van der Waals surface area contributed by atoms with Gasteiger partial charge in [0.25, 0.3) is 0 Å². The Labute approximate surface area is 185 Å². The molecule has 0 spiro atoms. The minimum atomic E-state index is 0. The Morgan fingerprint density at radius 2 is 2.11 bits per heavy atom. The molecule has 1 amide bonds. The average Bonchev–Trinajstić information content (AvgIpc) is 2.99. The normalized spacial score (nSPS) is 19.3. The first kappa shape index (κ1) is 22.8. The predicted octanol–water partition coefficient (Wildman–Crippen LogP) is 2.96. The Kier molecular flexibility index (Phi) is 9.87. The molecule has 1 fully saturated rings. The fourth-order valence-corrected chi connectivity index (χ4v) is 3.64. The van der Waals surface area contributed by atoms with E-state index in [9.17, 15) is 4.79 Å². The maximum absolute atomic E-state index is 12.0. The van der Waals surface area contributed by atoms with Gasteiger partial charge in [0.2, 0.25) is 5.91 Å². The van der Waals surface area contributed by atoms with E-state index in [0.717, 1.165) is 63.6 Å². The number of para-hydroxylation sites is 1. The molecule has 0 bridgehead atoms. The highest BCUT2D eigenvalue weighted by molar-refractivity contribution is 14.0. The second-order valence-corrected chi connectivity index (χ2v) is 7.24. The monoisotopic (exact) mass is 500 g/mol. The zero-order valence-corrected chi connectivity index (χ0v) is 19.1. The molecule has 0 saturated carbocycles. The third-order valence-electron chi connectivity index (χ3n) is 5.08. The first-order chi connectivity index (χ1) is 13.3. The average molecular weight is 500 g/mol. The van der Waals surface area contributed by atoms with Crippen molar-refractivity contribution in [3.05, 3.63) is 29.8 Å². The van der Waals surface area contributed by atoms with E-state index in [1.807, 2.05) is 17.0 Å². The fraction of sp³-hybridized carbons (Fsp3) is 0.619. The summed E-state index contributed by atoms with van der Waals surface area (Å²) in [4.78, 5) is 18.7. The van der Waals surface area contributed by atoms with Gasteiger partial charge in [-0.25, -0.2) is 4.99 Å². The third kappa shape index (κ3) is 6.83. The molecule has 28 heavy (non-hydrogen) atoms. The van der Waals surface area contributed by atoms with Crippen LogP contribution in [0.2, 0.25) is 0 Å². The topological polar surface area (TPSA) is 66.0 Å². The Morgan fingerprint density at radius 1 is 1.25 bits per heavy atom. The van der Waals surface area contributed by atoms with E-state index in [1.165, 1.54) is 12.0 Å². The van der Waals surface area contributed by atoms with Crippen LogP contribution in [0.3, 0.4) is 0 Å². The van der Waals surface area contributed by atoms with Crippen molar-refractivity contribution in [2.45, 2.75) is 51.6 Å². The number of ether oxygens (including phenoxy) is 1. The highest BCUT2D eigenvalue weighted by Crippen LogP contribution is 2.28. The molecule has 1 unspecified atom stereocenters. The molecule has 6 nitrogen and oxygen atoms in total. The van der Waals surface area contributed by atoms with Gasteiger partial charge >= 0.3 is 0 Å².